The monoisotopic (exact) mass is 522 g/mol. The van der Waals surface area contributed by atoms with E-state index in [0.717, 1.165) is 40.0 Å². The molecular weight excluding hydrogens is 500 g/mol. The number of hydrogen-bond acceptors (Lipinski definition) is 8. The Kier molecular flexibility index (Phi) is 7.46. The van der Waals surface area contributed by atoms with Gasteiger partial charge in [-0.15, -0.1) is 11.3 Å². The van der Waals surface area contributed by atoms with Gasteiger partial charge in [-0.2, -0.15) is 0 Å². The summed E-state index contributed by atoms with van der Waals surface area (Å²) in [7, 11) is -2.58. The maximum absolute atomic E-state index is 13.1. The van der Waals surface area contributed by atoms with E-state index in [-0.39, 0.29) is 35.9 Å². The Hall–Kier alpha value is -2.60. The van der Waals surface area contributed by atoms with E-state index in [1.54, 1.807) is 18.3 Å². The highest BCUT2D eigenvalue weighted by Crippen LogP contribution is 2.35. The van der Waals surface area contributed by atoms with Crippen LogP contribution in [0.4, 0.5) is 0 Å². The van der Waals surface area contributed by atoms with Crippen LogP contribution in [-0.4, -0.2) is 62.3 Å². The average molecular weight is 523 g/mol. The molecule has 4 rings (SSSR count). The van der Waals surface area contributed by atoms with Crippen molar-refractivity contribution >= 4 is 54.8 Å². The molecule has 1 aliphatic rings. The minimum absolute atomic E-state index is 0.0656. The van der Waals surface area contributed by atoms with Gasteiger partial charge in [0.05, 0.1) is 34.1 Å². The van der Waals surface area contributed by atoms with Crippen LogP contribution in [0.2, 0.25) is 5.02 Å². The van der Waals surface area contributed by atoms with Gasteiger partial charge in [0, 0.05) is 31.1 Å². The molecule has 1 aromatic carbocycles. The fraction of sp³-hybridized carbons (Fsp3) is 0.364. The maximum Gasteiger partial charge on any atom is 0.245 e. The largest absolute Gasteiger partial charge is 0.384 e. The second-order valence-electron chi connectivity index (χ2n) is 7.89. The van der Waals surface area contributed by atoms with E-state index in [2.05, 4.69) is 20.6 Å². The molecule has 0 aliphatic heterocycles. The van der Waals surface area contributed by atoms with Crippen molar-refractivity contribution in [2.45, 2.75) is 24.1 Å². The molecule has 0 radical (unpaired) electrons. The normalized spacial score (nSPS) is 14.6. The quantitative estimate of drug-likeness (QED) is 0.418. The van der Waals surface area contributed by atoms with Crippen LogP contribution >= 0.6 is 22.9 Å². The molecular formula is C22H23ClN4O5S2. The second kappa shape index (κ2) is 10.3. The molecule has 1 fully saturated rings. The van der Waals surface area contributed by atoms with Crippen molar-refractivity contribution in [2.75, 3.05) is 26.0 Å². The fourth-order valence-corrected chi connectivity index (χ4v) is 6.49. The van der Waals surface area contributed by atoms with Crippen LogP contribution in [0.5, 0.6) is 0 Å². The standard InChI is InChI=1S/C22H23ClN4O5S2/c1-32-8-9-34(30,31)20(21(29)25-12-19(28)26-14-3-4-14)22-27-17-10-13(2-5-18(17)33-22)15-6-7-24-11-16(15)23/h2,5-7,10-11,14,20H,3-4,8-9,12H2,1H3,(H,25,29)(H,26,28). The molecule has 2 aromatic heterocycles. The summed E-state index contributed by atoms with van der Waals surface area (Å²) in [5, 5.41) is 4.26. The minimum Gasteiger partial charge on any atom is -0.384 e. The molecule has 9 nitrogen and oxygen atoms in total. The first-order chi connectivity index (χ1) is 16.3. The Morgan fingerprint density at radius 3 is 2.79 bits per heavy atom. The molecule has 34 heavy (non-hydrogen) atoms. The molecule has 12 heteroatoms. The third kappa shape index (κ3) is 5.72. The number of carbonyl (C=O) groups excluding carboxylic acids is 2. The number of amides is 2. The van der Waals surface area contributed by atoms with Crippen molar-refractivity contribution in [3.05, 3.63) is 46.7 Å². The van der Waals surface area contributed by atoms with Crippen LogP contribution in [0.25, 0.3) is 21.3 Å². The fourth-order valence-electron chi connectivity index (χ4n) is 3.35. The number of halogens is 1. The number of thiazole rings is 1. The first-order valence-corrected chi connectivity index (χ1v) is 13.5. The van der Waals surface area contributed by atoms with Crippen LogP contribution in [0.15, 0.2) is 36.7 Å². The molecule has 0 saturated heterocycles. The van der Waals surface area contributed by atoms with E-state index in [1.807, 2.05) is 12.1 Å². The van der Waals surface area contributed by atoms with Gasteiger partial charge in [0.1, 0.15) is 5.01 Å². The number of pyridine rings is 1. The minimum atomic E-state index is -3.96. The molecule has 3 aromatic rings. The summed E-state index contributed by atoms with van der Waals surface area (Å²) in [5.74, 6) is -1.51. The number of methoxy groups -OCH3 is 1. The number of fused-ring (bicyclic) bond motifs is 1. The molecule has 1 aliphatic carbocycles. The number of aromatic nitrogens is 2. The van der Waals surface area contributed by atoms with Crippen LogP contribution in [-0.2, 0) is 24.2 Å². The molecule has 180 valence electrons. The highest BCUT2D eigenvalue weighted by Gasteiger charge is 2.37. The zero-order chi connectivity index (χ0) is 24.3. The summed E-state index contributed by atoms with van der Waals surface area (Å²) in [6.45, 7) is -0.370. The summed E-state index contributed by atoms with van der Waals surface area (Å²) >= 11 is 7.37. The zero-order valence-electron chi connectivity index (χ0n) is 18.3. The summed E-state index contributed by atoms with van der Waals surface area (Å²) in [6.07, 6.45) is 4.98. The first kappa shape index (κ1) is 24.5. The van der Waals surface area contributed by atoms with Gasteiger partial charge in [-0.25, -0.2) is 13.4 Å². The lowest BCUT2D eigenvalue weighted by Gasteiger charge is -2.15. The van der Waals surface area contributed by atoms with Gasteiger partial charge in [0.25, 0.3) is 0 Å². The highest BCUT2D eigenvalue weighted by molar-refractivity contribution is 7.92. The first-order valence-electron chi connectivity index (χ1n) is 10.6. The van der Waals surface area contributed by atoms with Crippen molar-refractivity contribution in [3.8, 4) is 11.1 Å². The maximum atomic E-state index is 13.1. The van der Waals surface area contributed by atoms with Crippen molar-refractivity contribution in [2.24, 2.45) is 0 Å². The lowest BCUT2D eigenvalue weighted by Crippen LogP contribution is -2.41. The third-order valence-electron chi connectivity index (χ3n) is 5.25. The van der Waals surface area contributed by atoms with Crippen LogP contribution in [0, 0.1) is 0 Å². The number of sulfone groups is 1. The zero-order valence-corrected chi connectivity index (χ0v) is 20.7. The van der Waals surface area contributed by atoms with Crippen LogP contribution in [0.3, 0.4) is 0 Å². The predicted molar refractivity (Wildman–Crippen MR) is 130 cm³/mol. The van der Waals surface area contributed by atoms with Gasteiger partial charge < -0.3 is 15.4 Å². The molecule has 2 amide bonds. The molecule has 1 saturated carbocycles. The number of hydrogen-bond donors (Lipinski definition) is 2. The van der Waals surface area contributed by atoms with E-state index in [4.69, 9.17) is 16.3 Å². The van der Waals surface area contributed by atoms with Gasteiger partial charge >= 0.3 is 0 Å². The molecule has 0 bridgehead atoms. The van der Waals surface area contributed by atoms with Crippen molar-refractivity contribution in [1.82, 2.24) is 20.6 Å². The summed E-state index contributed by atoms with van der Waals surface area (Å²) in [4.78, 5) is 33.5. The number of nitrogens with zero attached hydrogens (tertiary/aromatic N) is 2. The van der Waals surface area contributed by atoms with Crippen molar-refractivity contribution < 1.29 is 22.7 Å². The molecule has 2 heterocycles. The smallest absolute Gasteiger partial charge is 0.245 e. The lowest BCUT2D eigenvalue weighted by molar-refractivity contribution is -0.126. The van der Waals surface area contributed by atoms with E-state index in [1.165, 1.54) is 13.3 Å². The Labute approximate surface area is 205 Å². The number of carbonyl (C=O) groups is 2. The van der Waals surface area contributed by atoms with Crippen molar-refractivity contribution in [3.63, 3.8) is 0 Å². The average Bonchev–Trinajstić information content (AvgIpc) is 3.52. The number of ether oxygens (including phenoxy) is 1. The van der Waals surface area contributed by atoms with Gasteiger partial charge in [0.15, 0.2) is 15.1 Å². The van der Waals surface area contributed by atoms with Gasteiger partial charge in [-0.3, -0.25) is 14.6 Å². The number of nitrogens with one attached hydrogen (secondary N) is 2. The lowest BCUT2D eigenvalue weighted by atomic mass is 10.1. The highest BCUT2D eigenvalue weighted by atomic mass is 35.5. The van der Waals surface area contributed by atoms with Gasteiger partial charge in [0.2, 0.25) is 11.8 Å². The topological polar surface area (TPSA) is 127 Å². The third-order valence-corrected chi connectivity index (χ3v) is 8.69. The number of benzene rings is 1. The Balaban J connectivity index is 1.64. The molecule has 2 N–H and O–H groups in total. The summed E-state index contributed by atoms with van der Waals surface area (Å²) in [5.41, 5.74) is 2.09. The van der Waals surface area contributed by atoms with E-state index >= 15 is 0 Å². The number of rotatable bonds is 10. The molecule has 0 spiro atoms. The van der Waals surface area contributed by atoms with Crippen LogP contribution < -0.4 is 10.6 Å². The second-order valence-corrected chi connectivity index (χ2v) is 11.6. The van der Waals surface area contributed by atoms with E-state index in [0.29, 0.717) is 10.5 Å². The molecule has 1 unspecified atom stereocenters. The Bertz CT molecular complexity index is 1320. The Morgan fingerprint density at radius 1 is 1.29 bits per heavy atom. The predicted octanol–water partition coefficient (Wildman–Crippen LogP) is 2.51. The van der Waals surface area contributed by atoms with Crippen molar-refractivity contribution in [1.29, 1.82) is 0 Å². The SMILES string of the molecule is COCCS(=O)(=O)C(C(=O)NCC(=O)NC1CC1)c1nc2cc(-c3ccncc3Cl)ccc2s1. The Morgan fingerprint density at radius 2 is 2.09 bits per heavy atom. The van der Waals surface area contributed by atoms with Crippen LogP contribution in [0.1, 0.15) is 23.1 Å². The summed E-state index contributed by atoms with van der Waals surface area (Å²) < 4.78 is 31.8. The van der Waals surface area contributed by atoms with Gasteiger partial charge in [-0.05, 0) is 36.6 Å². The van der Waals surface area contributed by atoms with E-state index < -0.39 is 21.0 Å². The van der Waals surface area contributed by atoms with E-state index in [9.17, 15) is 18.0 Å². The van der Waals surface area contributed by atoms with Gasteiger partial charge in [-0.1, -0.05) is 17.7 Å². The molecule has 1 atom stereocenters. The summed E-state index contributed by atoms with van der Waals surface area (Å²) in [6, 6.07) is 7.36.